The van der Waals surface area contributed by atoms with Crippen molar-refractivity contribution in [3.63, 3.8) is 0 Å². The summed E-state index contributed by atoms with van der Waals surface area (Å²) in [4.78, 5) is 22.3. The molecule has 0 saturated carbocycles. The number of alkyl carbamates (subject to hydrolysis) is 1. The highest BCUT2D eigenvalue weighted by atomic mass is 32.2. The molecule has 0 fully saturated rings. The highest BCUT2D eigenvalue weighted by Gasteiger charge is 2.23. The van der Waals surface area contributed by atoms with Gasteiger partial charge < -0.3 is 20.9 Å². The average Bonchev–Trinajstić information content (AvgIpc) is 2.13. The largest absolute Gasteiger partial charge is 0.480 e. The molecule has 1 amide bonds. The zero-order valence-corrected chi connectivity index (χ0v) is 11.2. The van der Waals surface area contributed by atoms with E-state index in [1.165, 1.54) is 11.8 Å². The number of hydrogen-bond acceptors (Lipinski definition) is 5. The summed E-state index contributed by atoms with van der Waals surface area (Å²) in [7, 11) is 0. The van der Waals surface area contributed by atoms with E-state index in [-0.39, 0.29) is 5.75 Å². The van der Waals surface area contributed by atoms with Crippen LogP contribution in [0.15, 0.2) is 0 Å². The van der Waals surface area contributed by atoms with Crippen LogP contribution in [-0.4, -0.2) is 46.9 Å². The van der Waals surface area contributed by atoms with Crippen LogP contribution in [0.3, 0.4) is 0 Å². The molecule has 0 aliphatic heterocycles. The second-order valence-corrected chi connectivity index (χ2v) is 5.55. The van der Waals surface area contributed by atoms with E-state index in [4.69, 9.17) is 15.6 Å². The Hall–Kier alpha value is -0.950. The van der Waals surface area contributed by atoms with Crippen LogP contribution >= 0.6 is 11.8 Å². The van der Waals surface area contributed by atoms with E-state index in [1.54, 1.807) is 20.8 Å². The van der Waals surface area contributed by atoms with E-state index in [9.17, 15) is 9.59 Å². The Morgan fingerprint density at radius 1 is 1.47 bits per heavy atom. The average molecular weight is 264 g/mol. The summed E-state index contributed by atoms with van der Waals surface area (Å²) in [5, 5.41) is 11.2. The fraction of sp³-hybridized carbons (Fsp3) is 0.800. The standard InChI is InChI=1S/C10H20N2O4S/c1-10(2,3)16-9(15)12-7(8(13)14)6-17-5-4-11/h7H,4-6,11H2,1-3H3,(H,12,15)(H,13,14)/t7-/m0/s1. The van der Waals surface area contributed by atoms with Crippen molar-refractivity contribution >= 4 is 23.8 Å². The normalized spacial score (nSPS) is 12.9. The summed E-state index contributed by atoms with van der Waals surface area (Å²) in [6.45, 7) is 5.62. The molecular weight excluding hydrogens is 244 g/mol. The van der Waals surface area contributed by atoms with Gasteiger partial charge >= 0.3 is 12.1 Å². The zero-order chi connectivity index (χ0) is 13.5. The summed E-state index contributed by atoms with van der Waals surface area (Å²) in [6.07, 6.45) is -0.724. The molecule has 0 aromatic heterocycles. The highest BCUT2D eigenvalue weighted by molar-refractivity contribution is 7.99. The van der Waals surface area contributed by atoms with Crippen LogP contribution in [0, 0.1) is 0 Å². The van der Waals surface area contributed by atoms with Crippen molar-refractivity contribution in [2.75, 3.05) is 18.1 Å². The fourth-order valence-corrected chi connectivity index (χ4v) is 1.70. The quantitative estimate of drug-likeness (QED) is 0.609. The lowest BCUT2D eigenvalue weighted by molar-refractivity contribution is -0.138. The number of carboxylic acid groups (broad SMARTS) is 1. The minimum absolute atomic E-state index is 0.270. The van der Waals surface area contributed by atoms with E-state index in [2.05, 4.69) is 5.32 Å². The van der Waals surface area contributed by atoms with Crippen molar-refractivity contribution in [1.29, 1.82) is 0 Å². The predicted molar refractivity (Wildman–Crippen MR) is 67.2 cm³/mol. The van der Waals surface area contributed by atoms with E-state index in [0.717, 1.165) is 0 Å². The maximum Gasteiger partial charge on any atom is 0.408 e. The number of rotatable bonds is 6. The fourth-order valence-electron chi connectivity index (χ4n) is 0.909. The maximum absolute atomic E-state index is 11.4. The molecular formula is C10H20N2O4S. The monoisotopic (exact) mass is 264 g/mol. The van der Waals surface area contributed by atoms with Crippen LogP contribution < -0.4 is 11.1 Å². The Morgan fingerprint density at radius 2 is 2.06 bits per heavy atom. The van der Waals surface area contributed by atoms with Gasteiger partial charge in [-0.1, -0.05) is 0 Å². The molecule has 7 heteroatoms. The van der Waals surface area contributed by atoms with E-state index in [0.29, 0.717) is 12.3 Å². The van der Waals surface area contributed by atoms with Crippen molar-refractivity contribution in [2.24, 2.45) is 5.73 Å². The van der Waals surface area contributed by atoms with Crippen molar-refractivity contribution in [2.45, 2.75) is 32.4 Å². The number of ether oxygens (including phenoxy) is 1. The topological polar surface area (TPSA) is 102 Å². The van der Waals surface area contributed by atoms with Gasteiger partial charge in [0, 0.05) is 18.1 Å². The minimum Gasteiger partial charge on any atom is -0.480 e. The molecule has 0 saturated heterocycles. The Kier molecular flexibility index (Phi) is 6.98. The lowest BCUT2D eigenvalue weighted by Crippen LogP contribution is -2.45. The molecule has 0 rings (SSSR count). The number of nitrogens with two attached hydrogens (primary N) is 1. The van der Waals surface area contributed by atoms with Crippen LogP contribution in [0.4, 0.5) is 4.79 Å². The third-order valence-electron chi connectivity index (χ3n) is 1.54. The van der Waals surface area contributed by atoms with Crippen molar-refractivity contribution in [3.8, 4) is 0 Å². The first-order valence-corrected chi connectivity index (χ1v) is 6.42. The number of amides is 1. The van der Waals surface area contributed by atoms with Crippen LogP contribution in [-0.2, 0) is 9.53 Å². The van der Waals surface area contributed by atoms with Gasteiger partial charge in [-0.25, -0.2) is 9.59 Å². The van der Waals surface area contributed by atoms with Gasteiger partial charge in [-0.15, -0.1) is 0 Å². The van der Waals surface area contributed by atoms with Gasteiger partial charge in [0.2, 0.25) is 0 Å². The Balaban J connectivity index is 4.16. The molecule has 0 aromatic rings. The van der Waals surface area contributed by atoms with Gasteiger partial charge in [0.25, 0.3) is 0 Å². The first-order chi connectivity index (χ1) is 7.76. The summed E-state index contributed by atoms with van der Waals surface area (Å²) in [5.41, 5.74) is 4.65. The van der Waals surface area contributed by atoms with Gasteiger partial charge in [-0.3, -0.25) is 0 Å². The molecule has 0 aliphatic rings. The molecule has 6 nitrogen and oxygen atoms in total. The molecule has 0 spiro atoms. The van der Waals surface area contributed by atoms with Crippen LogP contribution in [0.5, 0.6) is 0 Å². The Bertz CT molecular complexity index is 266. The number of aliphatic carboxylic acids is 1. The van der Waals surface area contributed by atoms with Crippen molar-refractivity contribution in [1.82, 2.24) is 5.32 Å². The Morgan fingerprint density at radius 3 is 2.47 bits per heavy atom. The number of nitrogens with one attached hydrogen (secondary N) is 1. The SMILES string of the molecule is CC(C)(C)OC(=O)N[C@@H](CSCCN)C(=O)O. The van der Waals surface area contributed by atoms with Gasteiger partial charge in [0.1, 0.15) is 11.6 Å². The molecule has 0 aliphatic carbocycles. The molecule has 17 heavy (non-hydrogen) atoms. The van der Waals surface area contributed by atoms with Crippen LogP contribution in [0.2, 0.25) is 0 Å². The predicted octanol–water partition coefficient (Wildman–Crippen LogP) is 0.656. The second kappa shape index (κ2) is 7.39. The molecule has 0 radical (unpaired) electrons. The van der Waals surface area contributed by atoms with Gasteiger partial charge in [0.15, 0.2) is 0 Å². The number of carboxylic acids is 1. The van der Waals surface area contributed by atoms with Crippen LogP contribution in [0.1, 0.15) is 20.8 Å². The molecule has 4 N–H and O–H groups in total. The first-order valence-electron chi connectivity index (χ1n) is 5.26. The van der Waals surface area contributed by atoms with Gasteiger partial charge in [-0.05, 0) is 20.8 Å². The third kappa shape index (κ3) is 8.82. The molecule has 100 valence electrons. The van der Waals surface area contributed by atoms with E-state index < -0.39 is 23.7 Å². The summed E-state index contributed by atoms with van der Waals surface area (Å²) >= 11 is 1.37. The maximum atomic E-state index is 11.4. The number of thioether (sulfide) groups is 1. The molecule has 0 heterocycles. The molecule has 0 bridgehead atoms. The van der Waals surface area contributed by atoms with Crippen molar-refractivity contribution in [3.05, 3.63) is 0 Å². The smallest absolute Gasteiger partial charge is 0.408 e. The van der Waals surface area contributed by atoms with Crippen LogP contribution in [0.25, 0.3) is 0 Å². The lowest BCUT2D eigenvalue weighted by atomic mass is 10.2. The highest BCUT2D eigenvalue weighted by Crippen LogP contribution is 2.08. The number of carbonyl (C=O) groups excluding carboxylic acids is 1. The first kappa shape index (κ1) is 16.1. The lowest BCUT2D eigenvalue weighted by Gasteiger charge is -2.21. The summed E-state index contributed by atoms with van der Waals surface area (Å²) < 4.78 is 4.98. The minimum atomic E-state index is -1.08. The van der Waals surface area contributed by atoms with Crippen molar-refractivity contribution < 1.29 is 19.4 Å². The summed E-state index contributed by atoms with van der Waals surface area (Å²) in [5.74, 6) is -0.161. The van der Waals surface area contributed by atoms with Gasteiger partial charge in [0.05, 0.1) is 0 Å². The molecule has 0 aromatic carbocycles. The zero-order valence-electron chi connectivity index (χ0n) is 10.4. The second-order valence-electron chi connectivity index (χ2n) is 4.40. The van der Waals surface area contributed by atoms with Gasteiger partial charge in [-0.2, -0.15) is 11.8 Å². The number of carbonyl (C=O) groups is 2. The third-order valence-corrected chi connectivity index (χ3v) is 2.63. The summed E-state index contributed by atoms with van der Waals surface area (Å²) in [6, 6.07) is -0.957. The number of hydrogen-bond donors (Lipinski definition) is 3. The Labute approximate surface area is 105 Å². The molecule has 0 unspecified atom stereocenters. The molecule has 1 atom stereocenters. The van der Waals surface area contributed by atoms with E-state index >= 15 is 0 Å². The van der Waals surface area contributed by atoms with E-state index in [1.807, 2.05) is 0 Å².